The van der Waals surface area contributed by atoms with Crippen LogP contribution < -0.4 is 15.8 Å². The number of hydrogen-bond acceptors (Lipinski definition) is 5. The lowest BCUT2D eigenvalue weighted by Gasteiger charge is -2.35. The van der Waals surface area contributed by atoms with Crippen molar-refractivity contribution in [1.29, 1.82) is 5.41 Å². The van der Waals surface area contributed by atoms with Crippen LogP contribution in [-0.2, 0) is 26.2 Å². The largest absolute Gasteiger partial charge is 0.387 e. The van der Waals surface area contributed by atoms with Gasteiger partial charge in [-0.1, -0.05) is 51.1 Å². The van der Waals surface area contributed by atoms with E-state index in [2.05, 4.69) is 10.0 Å². The van der Waals surface area contributed by atoms with E-state index in [9.17, 15) is 18.0 Å². The van der Waals surface area contributed by atoms with Gasteiger partial charge in [0.15, 0.2) is 0 Å². The molecule has 2 amide bonds. The van der Waals surface area contributed by atoms with E-state index in [4.69, 9.17) is 11.1 Å². The average molecular weight is 438 g/mol. The van der Waals surface area contributed by atoms with Crippen molar-refractivity contribution in [2.75, 3.05) is 12.8 Å². The number of hydrogen-bond donors (Lipinski definition) is 4. The molecule has 0 saturated carbocycles. The van der Waals surface area contributed by atoms with Gasteiger partial charge in [-0.3, -0.25) is 15.0 Å². The van der Waals surface area contributed by atoms with Crippen molar-refractivity contribution in [3.8, 4) is 0 Å². The van der Waals surface area contributed by atoms with Crippen LogP contribution in [0.1, 0.15) is 32.8 Å². The van der Waals surface area contributed by atoms with Gasteiger partial charge in [-0.2, -0.15) is 0 Å². The molecule has 1 heterocycles. The lowest BCUT2D eigenvalue weighted by molar-refractivity contribution is -0.141. The Morgan fingerprint density at radius 3 is 2.37 bits per heavy atom. The number of benzene rings is 1. The highest BCUT2D eigenvalue weighted by molar-refractivity contribution is 7.88. The third-order valence-electron chi connectivity index (χ3n) is 5.08. The Kier molecular flexibility index (Phi) is 7.25. The third-order valence-corrected chi connectivity index (χ3v) is 5.74. The second kappa shape index (κ2) is 9.13. The molecular formula is C20H31N5O4S. The normalized spacial score (nSPS) is 20.6. The van der Waals surface area contributed by atoms with Gasteiger partial charge >= 0.3 is 0 Å². The minimum Gasteiger partial charge on any atom is -0.387 e. The number of nitrogens with one attached hydrogen (secondary N) is 3. The van der Waals surface area contributed by atoms with E-state index in [0.29, 0.717) is 6.54 Å². The summed E-state index contributed by atoms with van der Waals surface area (Å²) in [6, 6.07) is 7.47. The first kappa shape index (κ1) is 23.8. The van der Waals surface area contributed by atoms with Gasteiger partial charge in [0.2, 0.25) is 21.8 Å². The summed E-state index contributed by atoms with van der Waals surface area (Å²) in [6.45, 7) is 5.63. The Labute approximate surface area is 178 Å². The molecule has 0 aliphatic carbocycles. The van der Waals surface area contributed by atoms with Crippen molar-refractivity contribution in [3.05, 3.63) is 35.9 Å². The molecule has 0 spiro atoms. The predicted octanol–water partition coefficient (Wildman–Crippen LogP) is 0.420. The Balaban J connectivity index is 2.25. The predicted molar refractivity (Wildman–Crippen MR) is 115 cm³/mol. The highest BCUT2D eigenvalue weighted by Crippen LogP contribution is 2.29. The molecule has 166 valence electrons. The Morgan fingerprint density at radius 1 is 1.27 bits per heavy atom. The standard InChI is InChI=1S/C20H31N5O4S/c1-20(2,3)16(24-30(4,28)29)19(27)25-12-14(17(21)22)10-15(25)18(26)23-11-13-8-6-5-7-9-13/h5-9,14-16,24H,10-12H2,1-4H3,(H3,21,22)(H,23,26)/t14?,15-,16-/m0/s1. The maximum Gasteiger partial charge on any atom is 0.243 e. The SMILES string of the molecule is CC(C)(C)[C@@H](NS(C)(=O)=O)C(=O)N1CC(C(=N)N)C[C@H]1C(=O)NCc1ccccc1. The molecule has 2 rings (SSSR count). The highest BCUT2D eigenvalue weighted by Gasteiger charge is 2.45. The topological polar surface area (TPSA) is 145 Å². The number of carbonyl (C=O) groups excluding carboxylic acids is 2. The number of likely N-dealkylation sites (tertiary alicyclic amines) is 1. The van der Waals surface area contributed by atoms with Crippen LogP contribution in [0.5, 0.6) is 0 Å². The first-order valence-electron chi connectivity index (χ1n) is 9.73. The van der Waals surface area contributed by atoms with Gasteiger partial charge in [0.05, 0.1) is 12.1 Å². The van der Waals surface area contributed by atoms with E-state index in [-0.39, 0.29) is 24.7 Å². The fourth-order valence-electron chi connectivity index (χ4n) is 3.43. The number of sulfonamides is 1. The third kappa shape index (κ3) is 6.27. The summed E-state index contributed by atoms with van der Waals surface area (Å²) in [7, 11) is -3.66. The maximum absolute atomic E-state index is 13.3. The Morgan fingerprint density at radius 2 is 1.87 bits per heavy atom. The molecular weight excluding hydrogens is 406 g/mol. The molecule has 3 atom stereocenters. The zero-order valence-electron chi connectivity index (χ0n) is 17.8. The first-order chi connectivity index (χ1) is 13.8. The van der Waals surface area contributed by atoms with E-state index in [1.807, 2.05) is 30.3 Å². The lowest BCUT2D eigenvalue weighted by atomic mass is 9.86. The molecule has 0 aromatic heterocycles. The van der Waals surface area contributed by atoms with Crippen LogP contribution >= 0.6 is 0 Å². The maximum atomic E-state index is 13.3. The summed E-state index contributed by atoms with van der Waals surface area (Å²) in [5, 5.41) is 10.6. The van der Waals surface area contributed by atoms with Gasteiger partial charge in [-0.05, 0) is 17.4 Å². The van der Waals surface area contributed by atoms with Crippen LogP contribution in [0.3, 0.4) is 0 Å². The number of rotatable bonds is 7. The van der Waals surface area contributed by atoms with Gasteiger partial charge in [-0.25, -0.2) is 13.1 Å². The average Bonchev–Trinajstić information content (AvgIpc) is 3.09. The van der Waals surface area contributed by atoms with Gasteiger partial charge in [0.25, 0.3) is 0 Å². The molecule has 1 fully saturated rings. The molecule has 1 aliphatic heterocycles. The zero-order chi connectivity index (χ0) is 22.7. The summed E-state index contributed by atoms with van der Waals surface area (Å²) < 4.78 is 26.1. The van der Waals surface area contributed by atoms with Crippen molar-refractivity contribution in [1.82, 2.24) is 14.9 Å². The first-order valence-corrected chi connectivity index (χ1v) is 11.6. The van der Waals surface area contributed by atoms with E-state index < -0.39 is 39.3 Å². The number of nitrogens with two attached hydrogens (primary N) is 1. The Bertz CT molecular complexity index is 896. The van der Waals surface area contributed by atoms with Crippen LogP contribution in [0.25, 0.3) is 0 Å². The van der Waals surface area contributed by atoms with Crippen LogP contribution in [0.4, 0.5) is 0 Å². The molecule has 10 heteroatoms. The van der Waals surface area contributed by atoms with Crippen molar-refractivity contribution >= 4 is 27.7 Å². The molecule has 1 aliphatic rings. The van der Waals surface area contributed by atoms with Crippen LogP contribution in [-0.4, -0.2) is 55.9 Å². The van der Waals surface area contributed by atoms with Gasteiger partial charge < -0.3 is 16.0 Å². The monoisotopic (exact) mass is 437 g/mol. The van der Waals surface area contributed by atoms with Crippen LogP contribution in [0.2, 0.25) is 0 Å². The Hall–Kier alpha value is -2.46. The second-order valence-electron chi connectivity index (χ2n) is 8.79. The number of amidine groups is 1. The molecule has 9 nitrogen and oxygen atoms in total. The van der Waals surface area contributed by atoms with E-state index in [1.54, 1.807) is 20.8 Å². The van der Waals surface area contributed by atoms with Crippen molar-refractivity contribution in [2.24, 2.45) is 17.1 Å². The molecule has 30 heavy (non-hydrogen) atoms. The van der Waals surface area contributed by atoms with Crippen LogP contribution in [0, 0.1) is 16.7 Å². The lowest BCUT2D eigenvalue weighted by Crippen LogP contribution is -2.57. The molecule has 1 unspecified atom stereocenters. The van der Waals surface area contributed by atoms with Crippen molar-refractivity contribution < 1.29 is 18.0 Å². The minimum atomic E-state index is -3.66. The summed E-state index contributed by atoms with van der Waals surface area (Å²) in [6.07, 6.45) is 1.21. The molecule has 0 radical (unpaired) electrons. The molecule has 1 aromatic rings. The number of amides is 2. The number of nitrogens with zero attached hydrogens (tertiary/aromatic N) is 1. The number of carbonyl (C=O) groups is 2. The quantitative estimate of drug-likeness (QED) is 0.361. The summed E-state index contributed by atoms with van der Waals surface area (Å²) in [5.74, 6) is -1.42. The fourth-order valence-corrected chi connectivity index (χ4v) is 4.32. The summed E-state index contributed by atoms with van der Waals surface area (Å²) >= 11 is 0. The van der Waals surface area contributed by atoms with Gasteiger partial charge in [-0.15, -0.1) is 0 Å². The van der Waals surface area contributed by atoms with Gasteiger partial charge in [0, 0.05) is 19.0 Å². The molecule has 1 aromatic carbocycles. The molecule has 0 bridgehead atoms. The van der Waals surface area contributed by atoms with E-state index in [0.717, 1.165) is 11.8 Å². The van der Waals surface area contributed by atoms with E-state index >= 15 is 0 Å². The van der Waals surface area contributed by atoms with Gasteiger partial charge in [0.1, 0.15) is 12.1 Å². The van der Waals surface area contributed by atoms with E-state index in [1.165, 1.54) is 4.90 Å². The summed E-state index contributed by atoms with van der Waals surface area (Å²) in [5.41, 5.74) is 5.84. The fraction of sp³-hybridized carbons (Fsp3) is 0.550. The second-order valence-corrected chi connectivity index (χ2v) is 10.6. The smallest absolute Gasteiger partial charge is 0.243 e. The summed E-state index contributed by atoms with van der Waals surface area (Å²) in [4.78, 5) is 27.6. The van der Waals surface area contributed by atoms with Crippen molar-refractivity contribution in [3.63, 3.8) is 0 Å². The van der Waals surface area contributed by atoms with Crippen molar-refractivity contribution in [2.45, 2.75) is 45.8 Å². The molecule has 1 saturated heterocycles. The van der Waals surface area contributed by atoms with Crippen LogP contribution in [0.15, 0.2) is 30.3 Å². The highest BCUT2D eigenvalue weighted by atomic mass is 32.2. The minimum absolute atomic E-state index is 0.0929. The zero-order valence-corrected chi connectivity index (χ0v) is 18.6. The molecule has 5 N–H and O–H groups in total.